The number of benzene rings is 1. The van der Waals surface area contributed by atoms with E-state index in [0.717, 1.165) is 0 Å². The minimum Gasteiger partial charge on any atom is -0.370 e. The lowest BCUT2D eigenvalue weighted by Crippen LogP contribution is -2.34. The molecule has 1 aromatic carbocycles. The van der Waals surface area contributed by atoms with Gasteiger partial charge in [0.1, 0.15) is 0 Å². The van der Waals surface area contributed by atoms with Crippen molar-refractivity contribution in [1.82, 2.24) is 0 Å². The fourth-order valence-electron chi connectivity index (χ4n) is 4.83. The molecule has 4 amide bonds. The van der Waals surface area contributed by atoms with Gasteiger partial charge >= 0.3 is 15.2 Å². The number of hydrogen-bond acceptors (Lipinski definition) is 6. The molecule has 0 radical (unpaired) electrons. The second kappa shape index (κ2) is 12.5. The van der Waals surface area contributed by atoms with Gasteiger partial charge in [0.15, 0.2) is 0 Å². The van der Waals surface area contributed by atoms with Crippen molar-refractivity contribution in [3.8, 4) is 0 Å². The van der Waals surface area contributed by atoms with Crippen LogP contribution in [0.4, 0.5) is 0 Å². The Bertz CT molecular complexity index is 1060. The van der Waals surface area contributed by atoms with E-state index in [4.69, 9.17) is 22.9 Å². The molecule has 0 atom stereocenters. The van der Waals surface area contributed by atoms with E-state index in [1.807, 2.05) is 0 Å². The van der Waals surface area contributed by atoms with Crippen LogP contribution in [-0.4, -0.2) is 43.2 Å². The third-order valence-electron chi connectivity index (χ3n) is 7.04. The summed E-state index contributed by atoms with van der Waals surface area (Å²) >= 11 is 0. The first-order valence-corrected chi connectivity index (χ1v) is 14.8. The van der Waals surface area contributed by atoms with Crippen LogP contribution in [0.1, 0.15) is 73.6 Å². The lowest BCUT2D eigenvalue weighted by atomic mass is 9.79. The van der Waals surface area contributed by atoms with Gasteiger partial charge in [-0.25, -0.2) is 0 Å². The van der Waals surface area contributed by atoms with Crippen LogP contribution in [0, 0.1) is 13.8 Å². The fourth-order valence-corrected chi connectivity index (χ4v) is 7.56. The maximum absolute atomic E-state index is 12.9. The van der Waals surface area contributed by atoms with E-state index in [9.17, 15) is 47.9 Å². The molecule has 0 heterocycles. The smallest absolute Gasteiger partial charge is 0.336 e. The summed E-state index contributed by atoms with van der Waals surface area (Å²) in [6, 6.07) is 2.50. The Morgan fingerprint density at radius 3 is 0.974 bits per heavy atom. The molecule has 38 heavy (non-hydrogen) atoms. The van der Waals surface area contributed by atoms with Gasteiger partial charge in [0.25, 0.3) is 0 Å². The third kappa shape index (κ3) is 7.49. The van der Waals surface area contributed by atoms with Crippen LogP contribution in [-0.2, 0) is 38.6 Å². The Balaban J connectivity index is 4.04. The molecular weight excluding hydrogens is 542 g/mol. The first-order valence-electron chi connectivity index (χ1n) is 11.6. The number of primary amides is 4. The fraction of sp³-hybridized carbons (Fsp3) is 0.545. The van der Waals surface area contributed by atoms with Gasteiger partial charge in [-0.3, -0.25) is 28.3 Å². The van der Waals surface area contributed by atoms with Crippen molar-refractivity contribution in [3.63, 3.8) is 0 Å². The summed E-state index contributed by atoms with van der Waals surface area (Å²) in [5.74, 6) is -3.37. The van der Waals surface area contributed by atoms with Crippen LogP contribution >= 0.6 is 15.2 Å². The molecule has 12 N–H and O–H groups in total. The Morgan fingerprint density at radius 2 is 0.816 bits per heavy atom. The van der Waals surface area contributed by atoms with Crippen LogP contribution in [0.25, 0.3) is 0 Å². The van der Waals surface area contributed by atoms with Crippen molar-refractivity contribution >= 4 is 38.8 Å². The minimum absolute atomic E-state index is 0.0268. The Hall–Kier alpha value is -2.60. The molecule has 0 saturated heterocycles. The van der Waals surface area contributed by atoms with Crippen LogP contribution < -0.4 is 22.9 Å². The summed E-state index contributed by atoms with van der Waals surface area (Å²) < 4.78 is 25.8. The van der Waals surface area contributed by atoms with Crippen molar-refractivity contribution in [2.24, 2.45) is 22.9 Å². The van der Waals surface area contributed by atoms with Crippen molar-refractivity contribution in [3.05, 3.63) is 34.4 Å². The molecule has 1 rings (SSSR count). The Morgan fingerprint density at radius 1 is 0.605 bits per heavy atom. The van der Waals surface area contributed by atoms with E-state index < -0.39 is 100 Å². The standard InChI is InChI=1S/C22H36N4O10P2/c1-13-14(2)16(22(38(34,35)36,11-7-19(25)29)12-8-20(26)30)4-3-15(13)21(37(31,32)33,9-5-17(23)27)10-6-18(24)28/h3-4H,5-12H2,1-2H3,(H2,23,27)(H2,24,28)(H2,25,29)(H2,26,30)(H2,31,32,33)(H2,34,35,36). The Labute approximate surface area is 219 Å². The highest BCUT2D eigenvalue weighted by Crippen LogP contribution is 2.65. The molecule has 16 heteroatoms. The van der Waals surface area contributed by atoms with Gasteiger partial charge in [0, 0.05) is 25.7 Å². The molecule has 214 valence electrons. The lowest BCUT2D eigenvalue weighted by Gasteiger charge is -2.39. The number of carbonyl (C=O) groups is 4. The zero-order valence-electron chi connectivity index (χ0n) is 21.3. The molecule has 0 spiro atoms. The summed E-state index contributed by atoms with van der Waals surface area (Å²) in [5.41, 5.74) is 21.4. The zero-order valence-corrected chi connectivity index (χ0v) is 23.0. The van der Waals surface area contributed by atoms with Crippen LogP contribution in [0.2, 0.25) is 0 Å². The summed E-state index contributed by atoms with van der Waals surface area (Å²) in [5, 5.41) is -4.15. The van der Waals surface area contributed by atoms with Crippen molar-refractivity contribution in [2.75, 3.05) is 0 Å². The Kier molecular flexibility index (Phi) is 11.0. The van der Waals surface area contributed by atoms with Gasteiger partial charge < -0.3 is 42.5 Å². The summed E-state index contributed by atoms with van der Waals surface area (Å²) in [4.78, 5) is 88.0. The van der Waals surface area contributed by atoms with Gasteiger partial charge in [0.2, 0.25) is 23.6 Å². The van der Waals surface area contributed by atoms with Crippen molar-refractivity contribution < 1.29 is 47.9 Å². The first kappa shape index (κ1) is 33.4. The summed E-state index contributed by atoms with van der Waals surface area (Å²) in [6.45, 7) is 2.92. The SMILES string of the molecule is Cc1c(C(CCC(N)=O)(CCC(N)=O)P(=O)(O)O)ccc(C(CCC(N)=O)(CCC(N)=O)P(=O)(O)O)c1C. The first-order chi connectivity index (χ1) is 17.2. The predicted octanol–water partition coefficient (Wildman–Crippen LogP) is 0.111. The van der Waals surface area contributed by atoms with Crippen molar-refractivity contribution in [2.45, 2.75) is 75.5 Å². The van der Waals surface area contributed by atoms with Crippen LogP contribution in [0.15, 0.2) is 12.1 Å². The van der Waals surface area contributed by atoms with Crippen molar-refractivity contribution in [1.29, 1.82) is 0 Å². The maximum Gasteiger partial charge on any atom is 0.336 e. The number of hydrogen-bond donors (Lipinski definition) is 8. The molecule has 0 saturated carbocycles. The second-order valence-corrected chi connectivity index (χ2v) is 13.3. The average Bonchev–Trinajstić information content (AvgIpc) is 2.74. The predicted molar refractivity (Wildman–Crippen MR) is 137 cm³/mol. The minimum atomic E-state index is -5.12. The molecule has 0 unspecified atom stereocenters. The summed E-state index contributed by atoms with van der Waals surface area (Å²) in [7, 11) is -10.2. The number of carbonyl (C=O) groups excluding carboxylic acids is 4. The molecule has 0 aliphatic rings. The van der Waals surface area contributed by atoms with E-state index in [1.54, 1.807) is 0 Å². The third-order valence-corrected chi connectivity index (χ3v) is 10.7. The number of rotatable bonds is 16. The number of nitrogens with two attached hydrogens (primary N) is 4. The highest BCUT2D eigenvalue weighted by molar-refractivity contribution is 7.53. The van der Waals surface area contributed by atoms with Gasteiger partial charge in [-0.05, 0) is 61.8 Å². The molecule has 0 aliphatic carbocycles. The average molecular weight is 578 g/mol. The van der Waals surface area contributed by atoms with E-state index in [-0.39, 0.29) is 22.3 Å². The van der Waals surface area contributed by atoms with Gasteiger partial charge in [-0.1, -0.05) is 12.1 Å². The van der Waals surface area contributed by atoms with E-state index >= 15 is 0 Å². The molecule has 0 bridgehead atoms. The molecule has 0 aliphatic heterocycles. The molecular formula is C22H36N4O10P2. The largest absolute Gasteiger partial charge is 0.370 e. The zero-order chi connectivity index (χ0) is 29.7. The summed E-state index contributed by atoms with van der Waals surface area (Å²) in [6.07, 6.45) is -3.50. The maximum atomic E-state index is 12.9. The number of amides is 4. The normalized spacial score (nSPS) is 12.8. The van der Waals surface area contributed by atoms with E-state index in [2.05, 4.69) is 0 Å². The van der Waals surface area contributed by atoms with Gasteiger partial charge in [0.05, 0.1) is 10.3 Å². The monoisotopic (exact) mass is 578 g/mol. The topological polar surface area (TPSA) is 287 Å². The quantitative estimate of drug-likeness (QED) is 0.122. The molecule has 1 aromatic rings. The van der Waals surface area contributed by atoms with E-state index in [0.29, 0.717) is 0 Å². The van der Waals surface area contributed by atoms with Gasteiger partial charge in [-0.2, -0.15) is 0 Å². The molecule has 0 fully saturated rings. The highest BCUT2D eigenvalue weighted by Gasteiger charge is 2.52. The molecule has 0 aromatic heterocycles. The second-order valence-electron chi connectivity index (χ2n) is 9.43. The van der Waals surface area contributed by atoms with Gasteiger partial charge in [-0.15, -0.1) is 0 Å². The van der Waals surface area contributed by atoms with Crippen LogP contribution in [0.5, 0.6) is 0 Å². The lowest BCUT2D eigenvalue weighted by molar-refractivity contribution is -0.119. The highest BCUT2D eigenvalue weighted by atomic mass is 31.2. The molecule has 14 nitrogen and oxygen atoms in total. The van der Waals surface area contributed by atoms with E-state index in [1.165, 1.54) is 26.0 Å². The van der Waals surface area contributed by atoms with Crippen LogP contribution in [0.3, 0.4) is 0 Å².